The largest absolute Gasteiger partial charge is 0.351 e. The summed E-state index contributed by atoms with van der Waals surface area (Å²) in [5, 5.41) is 6.24. The van der Waals surface area contributed by atoms with Crippen LogP contribution < -0.4 is 10.6 Å². The van der Waals surface area contributed by atoms with Gasteiger partial charge < -0.3 is 10.6 Å². The fourth-order valence-electron chi connectivity index (χ4n) is 2.95. The third kappa shape index (κ3) is 5.78. The van der Waals surface area contributed by atoms with E-state index in [1.807, 2.05) is 7.05 Å². The van der Waals surface area contributed by atoms with Crippen LogP contribution in [0.3, 0.4) is 0 Å². The number of aryl methyl sites for hydroxylation is 1. The molecule has 0 saturated carbocycles. The number of likely N-dealkylation sites (tertiary alicyclic amines) is 1. The highest BCUT2D eigenvalue weighted by molar-refractivity contribution is 5.78. The molecule has 1 aliphatic rings. The maximum Gasteiger partial charge on any atom is 0.234 e. The molecule has 122 valence electrons. The van der Waals surface area contributed by atoms with Gasteiger partial charge in [-0.05, 0) is 64.3 Å². The Kier molecular flexibility index (Phi) is 6.87. The van der Waals surface area contributed by atoms with Gasteiger partial charge in [0.05, 0.1) is 6.54 Å². The van der Waals surface area contributed by atoms with Gasteiger partial charge in [-0.1, -0.05) is 29.8 Å². The van der Waals surface area contributed by atoms with Crippen LogP contribution in [0.25, 0.3) is 0 Å². The Balaban J connectivity index is 1.64. The molecule has 4 nitrogen and oxygen atoms in total. The highest BCUT2D eigenvalue weighted by Gasteiger charge is 2.20. The summed E-state index contributed by atoms with van der Waals surface area (Å²) < 4.78 is 0. The van der Waals surface area contributed by atoms with E-state index in [1.54, 1.807) is 0 Å². The number of nitrogens with zero attached hydrogens (tertiary/aromatic N) is 1. The molecule has 1 aromatic carbocycles. The monoisotopic (exact) mass is 303 g/mol. The number of hydrogen-bond acceptors (Lipinski definition) is 3. The summed E-state index contributed by atoms with van der Waals surface area (Å²) in [7, 11) is 2.01. The Morgan fingerprint density at radius 3 is 2.55 bits per heavy atom. The molecule has 2 N–H and O–H groups in total. The Morgan fingerprint density at radius 1 is 1.23 bits per heavy atom. The lowest BCUT2D eigenvalue weighted by Crippen LogP contribution is -2.41. The van der Waals surface area contributed by atoms with E-state index in [0.29, 0.717) is 13.1 Å². The van der Waals surface area contributed by atoms with Crippen molar-refractivity contribution in [3.8, 4) is 0 Å². The molecule has 0 aromatic heterocycles. The third-order valence-electron chi connectivity index (χ3n) is 4.49. The van der Waals surface area contributed by atoms with Gasteiger partial charge in [-0.2, -0.15) is 0 Å². The summed E-state index contributed by atoms with van der Waals surface area (Å²) in [4.78, 5) is 14.3. The van der Waals surface area contributed by atoms with Gasteiger partial charge in [0.25, 0.3) is 0 Å². The second kappa shape index (κ2) is 8.91. The summed E-state index contributed by atoms with van der Waals surface area (Å²) >= 11 is 0. The molecule has 0 radical (unpaired) electrons. The van der Waals surface area contributed by atoms with E-state index >= 15 is 0 Å². The van der Waals surface area contributed by atoms with Crippen molar-refractivity contribution >= 4 is 5.91 Å². The molecule has 0 spiro atoms. The molecule has 22 heavy (non-hydrogen) atoms. The van der Waals surface area contributed by atoms with Gasteiger partial charge in [-0.15, -0.1) is 0 Å². The first-order valence-corrected chi connectivity index (χ1v) is 8.36. The second-order valence-electron chi connectivity index (χ2n) is 6.37. The molecule has 4 heteroatoms. The first kappa shape index (κ1) is 17.0. The van der Waals surface area contributed by atoms with E-state index in [2.05, 4.69) is 46.7 Å². The van der Waals surface area contributed by atoms with Crippen molar-refractivity contribution in [3.63, 3.8) is 0 Å². The molecule has 1 aromatic rings. The van der Waals surface area contributed by atoms with Crippen LogP contribution in [0.1, 0.15) is 30.4 Å². The lowest BCUT2D eigenvalue weighted by molar-refractivity contribution is -0.122. The minimum atomic E-state index is 0.134. The van der Waals surface area contributed by atoms with E-state index in [0.717, 1.165) is 31.1 Å². The van der Waals surface area contributed by atoms with E-state index in [1.165, 1.54) is 24.8 Å². The fraction of sp³-hybridized carbons (Fsp3) is 0.611. The molecule has 0 bridgehead atoms. The highest BCUT2D eigenvalue weighted by Crippen LogP contribution is 2.19. The zero-order valence-corrected chi connectivity index (χ0v) is 13.9. The lowest BCUT2D eigenvalue weighted by Gasteiger charge is -2.31. The van der Waals surface area contributed by atoms with Crippen LogP contribution in [-0.4, -0.2) is 44.0 Å². The predicted molar refractivity (Wildman–Crippen MR) is 90.7 cm³/mol. The van der Waals surface area contributed by atoms with Crippen molar-refractivity contribution in [1.29, 1.82) is 0 Å². The number of carbonyl (C=O) groups is 1. The van der Waals surface area contributed by atoms with Gasteiger partial charge in [0.2, 0.25) is 5.91 Å². The minimum absolute atomic E-state index is 0.134. The average molecular weight is 303 g/mol. The van der Waals surface area contributed by atoms with Gasteiger partial charge in [-0.25, -0.2) is 0 Å². The average Bonchev–Trinajstić information content (AvgIpc) is 2.54. The van der Waals surface area contributed by atoms with Gasteiger partial charge in [-0.3, -0.25) is 9.69 Å². The molecule has 2 rings (SSSR count). The van der Waals surface area contributed by atoms with Crippen molar-refractivity contribution < 1.29 is 4.79 Å². The number of amides is 1. The molecule has 1 heterocycles. The number of nitrogens with one attached hydrogen (secondary N) is 2. The Labute approximate surface area is 134 Å². The van der Waals surface area contributed by atoms with Crippen molar-refractivity contribution in [3.05, 3.63) is 35.4 Å². The van der Waals surface area contributed by atoms with Gasteiger partial charge in [0, 0.05) is 6.54 Å². The molecule has 0 atom stereocenters. The zero-order chi connectivity index (χ0) is 15.8. The first-order chi connectivity index (χ1) is 10.7. The third-order valence-corrected chi connectivity index (χ3v) is 4.49. The maximum atomic E-state index is 12.0. The van der Waals surface area contributed by atoms with Crippen molar-refractivity contribution in [2.24, 2.45) is 5.92 Å². The van der Waals surface area contributed by atoms with Crippen LogP contribution in [-0.2, 0) is 11.3 Å². The molecule has 0 unspecified atom stereocenters. The molecule has 0 aliphatic carbocycles. The Hall–Kier alpha value is -1.39. The normalized spacial score (nSPS) is 16.6. The number of hydrogen-bond donors (Lipinski definition) is 2. The SMILES string of the molecule is CNCCC1CCN(CC(=O)NCc2ccc(C)cc2)CC1. The van der Waals surface area contributed by atoms with Crippen molar-refractivity contribution in [1.82, 2.24) is 15.5 Å². The van der Waals surface area contributed by atoms with Crippen LogP contribution in [0, 0.1) is 12.8 Å². The topological polar surface area (TPSA) is 44.4 Å². The van der Waals surface area contributed by atoms with Gasteiger partial charge in [0.15, 0.2) is 0 Å². The van der Waals surface area contributed by atoms with E-state index < -0.39 is 0 Å². The number of piperidine rings is 1. The molecule has 1 aliphatic heterocycles. The smallest absolute Gasteiger partial charge is 0.234 e. The maximum absolute atomic E-state index is 12.0. The first-order valence-electron chi connectivity index (χ1n) is 8.36. The van der Waals surface area contributed by atoms with E-state index in [4.69, 9.17) is 0 Å². The van der Waals surface area contributed by atoms with Crippen LogP contribution in [0.2, 0.25) is 0 Å². The van der Waals surface area contributed by atoms with E-state index in [9.17, 15) is 4.79 Å². The van der Waals surface area contributed by atoms with Crippen LogP contribution >= 0.6 is 0 Å². The lowest BCUT2D eigenvalue weighted by atomic mass is 9.93. The standard InChI is InChI=1S/C18H29N3O/c1-15-3-5-17(6-4-15)13-20-18(22)14-21-11-8-16(9-12-21)7-10-19-2/h3-6,16,19H,7-14H2,1-2H3,(H,20,22). The zero-order valence-electron chi connectivity index (χ0n) is 13.9. The van der Waals surface area contributed by atoms with Gasteiger partial charge >= 0.3 is 0 Å². The van der Waals surface area contributed by atoms with E-state index in [-0.39, 0.29) is 5.91 Å². The molecular weight excluding hydrogens is 274 g/mol. The van der Waals surface area contributed by atoms with Crippen LogP contribution in [0.5, 0.6) is 0 Å². The highest BCUT2D eigenvalue weighted by atomic mass is 16.2. The number of rotatable bonds is 7. The van der Waals surface area contributed by atoms with Crippen LogP contribution in [0.15, 0.2) is 24.3 Å². The van der Waals surface area contributed by atoms with Crippen LogP contribution in [0.4, 0.5) is 0 Å². The molecule has 1 amide bonds. The Morgan fingerprint density at radius 2 is 1.91 bits per heavy atom. The summed E-state index contributed by atoms with van der Waals surface area (Å²) in [6.07, 6.45) is 3.68. The Bertz CT molecular complexity index is 450. The summed E-state index contributed by atoms with van der Waals surface area (Å²) in [6, 6.07) is 8.31. The van der Waals surface area contributed by atoms with Crippen molar-refractivity contribution in [2.45, 2.75) is 32.7 Å². The number of benzene rings is 1. The molecule has 1 fully saturated rings. The molecular formula is C18H29N3O. The quantitative estimate of drug-likeness (QED) is 0.809. The van der Waals surface area contributed by atoms with Crippen molar-refractivity contribution in [2.75, 3.05) is 33.2 Å². The second-order valence-corrected chi connectivity index (χ2v) is 6.37. The fourth-order valence-corrected chi connectivity index (χ4v) is 2.95. The predicted octanol–water partition coefficient (Wildman–Crippen LogP) is 1.93. The summed E-state index contributed by atoms with van der Waals surface area (Å²) in [6.45, 7) is 6.42. The van der Waals surface area contributed by atoms with Gasteiger partial charge in [0.1, 0.15) is 0 Å². The molecule has 1 saturated heterocycles. The number of carbonyl (C=O) groups excluding carboxylic acids is 1. The summed E-state index contributed by atoms with van der Waals surface area (Å²) in [5.74, 6) is 0.952. The summed E-state index contributed by atoms with van der Waals surface area (Å²) in [5.41, 5.74) is 2.40. The minimum Gasteiger partial charge on any atom is -0.351 e.